The minimum absolute atomic E-state index is 0.589. The van der Waals surface area contributed by atoms with Crippen LogP contribution in [0.2, 0.25) is 0 Å². The number of fused-ring (bicyclic) bond motifs is 1. The van der Waals surface area contributed by atoms with Crippen LogP contribution in [-0.2, 0) is 13.6 Å². The third-order valence-corrected chi connectivity index (χ3v) is 3.92. The third kappa shape index (κ3) is 1.75. The molecule has 90 valence electrons. The largest absolute Gasteiger partial charge is 0.326 e. The summed E-state index contributed by atoms with van der Waals surface area (Å²) in [7, 11) is 2.07. The number of nitrogens with zero attached hydrogens (tertiary/aromatic N) is 2. The van der Waals surface area contributed by atoms with Gasteiger partial charge in [-0.1, -0.05) is 25.0 Å². The maximum atomic E-state index is 5.67. The minimum Gasteiger partial charge on any atom is -0.326 e. The molecule has 0 saturated heterocycles. The zero-order chi connectivity index (χ0) is 11.8. The summed E-state index contributed by atoms with van der Waals surface area (Å²) in [5, 5.41) is 5.94. The summed E-state index contributed by atoms with van der Waals surface area (Å²) in [6.07, 6.45) is 5.34. The van der Waals surface area contributed by atoms with Gasteiger partial charge in [0.1, 0.15) is 0 Å². The topological polar surface area (TPSA) is 43.8 Å². The van der Waals surface area contributed by atoms with E-state index in [1.807, 2.05) is 0 Å². The van der Waals surface area contributed by atoms with Crippen molar-refractivity contribution >= 4 is 10.9 Å². The van der Waals surface area contributed by atoms with Crippen molar-refractivity contribution < 1.29 is 0 Å². The van der Waals surface area contributed by atoms with E-state index in [0.717, 1.165) is 11.1 Å². The van der Waals surface area contributed by atoms with E-state index in [4.69, 9.17) is 5.73 Å². The van der Waals surface area contributed by atoms with Crippen LogP contribution in [0.3, 0.4) is 0 Å². The van der Waals surface area contributed by atoms with Gasteiger partial charge in [0.15, 0.2) is 0 Å². The molecule has 0 radical (unpaired) electrons. The molecule has 3 rings (SSSR count). The number of nitrogens with two attached hydrogens (primary N) is 1. The fourth-order valence-electron chi connectivity index (χ4n) is 3.08. The van der Waals surface area contributed by atoms with E-state index in [-0.39, 0.29) is 0 Å². The molecule has 1 saturated carbocycles. The van der Waals surface area contributed by atoms with Crippen LogP contribution in [0, 0.1) is 0 Å². The highest BCUT2D eigenvalue weighted by atomic mass is 15.3. The molecule has 0 amide bonds. The van der Waals surface area contributed by atoms with Crippen molar-refractivity contribution in [1.29, 1.82) is 0 Å². The molecule has 1 heterocycles. The Morgan fingerprint density at radius 3 is 2.82 bits per heavy atom. The van der Waals surface area contributed by atoms with E-state index in [0.29, 0.717) is 12.5 Å². The van der Waals surface area contributed by atoms with Crippen molar-refractivity contribution in [3.63, 3.8) is 0 Å². The van der Waals surface area contributed by atoms with Gasteiger partial charge in [0.25, 0.3) is 0 Å². The second kappa shape index (κ2) is 4.15. The van der Waals surface area contributed by atoms with Gasteiger partial charge in [0.05, 0.1) is 5.52 Å². The molecule has 0 atom stereocenters. The lowest BCUT2D eigenvalue weighted by Crippen LogP contribution is -2.02. The van der Waals surface area contributed by atoms with Gasteiger partial charge in [0, 0.05) is 30.6 Å². The first-order valence-corrected chi connectivity index (χ1v) is 6.45. The van der Waals surface area contributed by atoms with Crippen molar-refractivity contribution in [2.45, 2.75) is 38.1 Å². The Labute approximate surface area is 102 Å². The minimum atomic E-state index is 0.589. The highest BCUT2D eigenvalue weighted by Crippen LogP contribution is 2.37. The van der Waals surface area contributed by atoms with Gasteiger partial charge in [-0.3, -0.25) is 4.68 Å². The Bertz CT molecular complexity index is 536. The first-order valence-electron chi connectivity index (χ1n) is 6.45. The Kier molecular flexibility index (Phi) is 2.63. The van der Waals surface area contributed by atoms with Gasteiger partial charge in [-0.05, 0) is 24.5 Å². The van der Waals surface area contributed by atoms with Crippen molar-refractivity contribution in [2.75, 3.05) is 0 Å². The van der Waals surface area contributed by atoms with Gasteiger partial charge in [-0.15, -0.1) is 0 Å². The zero-order valence-electron chi connectivity index (χ0n) is 10.3. The molecule has 0 bridgehead atoms. The van der Waals surface area contributed by atoms with Crippen LogP contribution in [0.1, 0.15) is 42.9 Å². The Morgan fingerprint density at radius 2 is 2.12 bits per heavy atom. The molecule has 3 heteroatoms. The standard InChI is InChI=1S/C14H19N3/c1-17-14(11-4-2-3-5-11)12-7-6-10(9-15)8-13(12)16-17/h6-8,11H,2-5,9,15H2,1H3. The first-order chi connectivity index (χ1) is 8.29. The fourth-order valence-corrected chi connectivity index (χ4v) is 3.08. The molecule has 3 nitrogen and oxygen atoms in total. The predicted octanol–water partition coefficient (Wildman–Crippen LogP) is 2.69. The van der Waals surface area contributed by atoms with Crippen LogP contribution in [0.25, 0.3) is 10.9 Å². The van der Waals surface area contributed by atoms with E-state index in [1.54, 1.807) is 0 Å². The number of aromatic nitrogens is 2. The summed E-state index contributed by atoms with van der Waals surface area (Å²) in [5.74, 6) is 0.703. The summed E-state index contributed by atoms with van der Waals surface area (Å²) in [6.45, 7) is 0.589. The quantitative estimate of drug-likeness (QED) is 0.860. The number of aryl methyl sites for hydroxylation is 1. The summed E-state index contributed by atoms with van der Waals surface area (Å²) in [5.41, 5.74) is 9.35. The molecule has 1 aromatic heterocycles. The predicted molar refractivity (Wildman–Crippen MR) is 69.8 cm³/mol. The molecular formula is C14H19N3. The van der Waals surface area contributed by atoms with Crippen LogP contribution in [0.4, 0.5) is 0 Å². The van der Waals surface area contributed by atoms with Crippen LogP contribution >= 0.6 is 0 Å². The first kappa shape index (κ1) is 10.8. The summed E-state index contributed by atoms with van der Waals surface area (Å²) in [4.78, 5) is 0. The van der Waals surface area contributed by atoms with E-state index in [2.05, 4.69) is 35.0 Å². The average molecular weight is 229 g/mol. The summed E-state index contributed by atoms with van der Waals surface area (Å²) in [6, 6.07) is 6.44. The Balaban J connectivity index is 2.13. The number of benzene rings is 1. The van der Waals surface area contributed by atoms with E-state index in [1.165, 1.54) is 36.8 Å². The second-order valence-electron chi connectivity index (χ2n) is 5.05. The molecule has 1 aromatic carbocycles. The van der Waals surface area contributed by atoms with Gasteiger partial charge in [0.2, 0.25) is 0 Å². The van der Waals surface area contributed by atoms with Crippen molar-refractivity contribution in [1.82, 2.24) is 9.78 Å². The lowest BCUT2D eigenvalue weighted by Gasteiger charge is -2.10. The average Bonchev–Trinajstić information content (AvgIpc) is 2.93. The molecule has 17 heavy (non-hydrogen) atoms. The molecular weight excluding hydrogens is 210 g/mol. The van der Waals surface area contributed by atoms with Crippen molar-refractivity contribution in [2.24, 2.45) is 12.8 Å². The number of hydrogen-bond acceptors (Lipinski definition) is 2. The van der Waals surface area contributed by atoms with Crippen LogP contribution in [0.5, 0.6) is 0 Å². The Hall–Kier alpha value is -1.35. The monoisotopic (exact) mass is 229 g/mol. The van der Waals surface area contributed by atoms with E-state index in [9.17, 15) is 0 Å². The molecule has 1 aliphatic rings. The number of hydrogen-bond donors (Lipinski definition) is 1. The van der Waals surface area contributed by atoms with Crippen molar-refractivity contribution in [3.05, 3.63) is 29.5 Å². The highest BCUT2D eigenvalue weighted by molar-refractivity contribution is 5.82. The van der Waals surface area contributed by atoms with E-state index < -0.39 is 0 Å². The van der Waals surface area contributed by atoms with Crippen LogP contribution < -0.4 is 5.73 Å². The van der Waals surface area contributed by atoms with Crippen LogP contribution in [0.15, 0.2) is 18.2 Å². The molecule has 0 aliphatic heterocycles. The maximum Gasteiger partial charge on any atom is 0.0929 e. The normalized spacial score (nSPS) is 17.1. The molecule has 0 spiro atoms. The third-order valence-electron chi connectivity index (χ3n) is 3.92. The lowest BCUT2D eigenvalue weighted by molar-refractivity contribution is 0.623. The highest BCUT2D eigenvalue weighted by Gasteiger charge is 2.22. The van der Waals surface area contributed by atoms with Gasteiger partial charge < -0.3 is 5.73 Å². The van der Waals surface area contributed by atoms with Crippen LogP contribution in [-0.4, -0.2) is 9.78 Å². The van der Waals surface area contributed by atoms with E-state index >= 15 is 0 Å². The lowest BCUT2D eigenvalue weighted by atomic mass is 9.99. The second-order valence-corrected chi connectivity index (χ2v) is 5.05. The molecule has 1 fully saturated rings. The van der Waals surface area contributed by atoms with Crippen molar-refractivity contribution in [3.8, 4) is 0 Å². The molecule has 2 aromatic rings. The van der Waals surface area contributed by atoms with Gasteiger partial charge in [-0.25, -0.2) is 0 Å². The SMILES string of the molecule is Cn1nc2cc(CN)ccc2c1C1CCCC1. The maximum absolute atomic E-state index is 5.67. The molecule has 2 N–H and O–H groups in total. The zero-order valence-corrected chi connectivity index (χ0v) is 10.3. The number of rotatable bonds is 2. The van der Waals surface area contributed by atoms with Gasteiger partial charge >= 0.3 is 0 Å². The molecule has 1 aliphatic carbocycles. The fraction of sp³-hybridized carbons (Fsp3) is 0.500. The van der Waals surface area contributed by atoms with Gasteiger partial charge in [-0.2, -0.15) is 5.10 Å². The summed E-state index contributed by atoms with van der Waals surface area (Å²) < 4.78 is 2.07. The molecule has 0 unspecified atom stereocenters. The smallest absolute Gasteiger partial charge is 0.0929 e. The summed E-state index contributed by atoms with van der Waals surface area (Å²) >= 11 is 0. The Morgan fingerprint density at radius 1 is 1.35 bits per heavy atom.